The molecule has 184 valence electrons. The van der Waals surface area contributed by atoms with E-state index in [1.54, 1.807) is 36.4 Å². The van der Waals surface area contributed by atoms with E-state index in [0.29, 0.717) is 49.0 Å². The molecule has 0 saturated carbocycles. The summed E-state index contributed by atoms with van der Waals surface area (Å²) >= 11 is 0. The molecule has 0 spiro atoms. The summed E-state index contributed by atoms with van der Waals surface area (Å²) in [6.45, 7) is 2.29. The second-order valence-corrected chi connectivity index (χ2v) is 9.34. The van der Waals surface area contributed by atoms with E-state index in [1.165, 1.54) is 18.3 Å². The Morgan fingerprint density at radius 1 is 0.943 bits per heavy atom. The first-order valence-electron chi connectivity index (χ1n) is 11.0. The van der Waals surface area contributed by atoms with Gasteiger partial charge in [0.2, 0.25) is 10.0 Å². The summed E-state index contributed by atoms with van der Waals surface area (Å²) in [5, 5.41) is 5.88. The van der Waals surface area contributed by atoms with E-state index in [1.807, 2.05) is 0 Å². The van der Waals surface area contributed by atoms with Crippen molar-refractivity contribution < 1.29 is 22.7 Å². The van der Waals surface area contributed by atoms with Crippen LogP contribution < -0.4 is 25.8 Å². The maximum atomic E-state index is 13.0. The van der Waals surface area contributed by atoms with Gasteiger partial charge in [0.1, 0.15) is 12.4 Å². The van der Waals surface area contributed by atoms with Crippen molar-refractivity contribution in [3.8, 4) is 17.0 Å². The van der Waals surface area contributed by atoms with Crippen molar-refractivity contribution in [3.05, 3.63) is 60.4 Å². The van der Waals surface area contributed by atoms with Gasteiger partial charge < -0.3 is 25.8 Å². The van der Waals surface area contributed by atoms with E-state index < -0.39 is 15.9 Å². The van der Waals surface area contributed by atoms with Crippen LogP contribution in [0.2, 0.25) is 0 Å². The van der Waals surface area contributed by atoms with Crippen LogP contribution in [0.3, 0.4) is 0 Å². The molecule has 35 heavy (non-hydrogen) atoms. The molecule has 1 amide bonds. The van der Waals surface area contributed by atoms with Crippen LogP contribution >= 0.6 is 0 Å². The molecule has 0 unspecified atom stereocenters. The van der Waals surface area contributed by atoms with Gasteiger partial charge >= 0.3 is 0 Å². The van der Waals surface area contributed by atoms with Crippen LogP contribution in [-0.2, 0) is 14.8 Å². The van der Waals surface area contributed by atoms with Crippen LogP contribution in [0.15, 0.2) is 59.6 Å². The highest BCUT2D eigenvalue weighted by molar-refractivity contribution is 7.89. The number of ether oxygens (including phenoxy) is 2. The third-order valence-corrected chi connectivity index (χ3v) is 6.59. The van der Waals surface area contributed by atoms with Gasteiger partial charge in [0.25, 0.3) is 5.91 Å². The predicted molar refractivity (Wildman–Crippen MR) is 131 cm³/mol. The van der Waals surface area contributed by atoms with E-state index in [4.69, 9.17) is 15.2 Å². The number of nitrogen functional groups attached to an aromatic ring is 1. The molecular weight excluding hydrogens is 472 g/mol. The lowest BCUT2D eigenvalue weighted by Crippen LogP contribution is -2.33. The molecule has 11 nitrogen and oxygen atoms in total. The number of sulfonamides is 1. The standard InChI is InChI=1S/C23H26N6O5S/c24-22-21-23(30)29-18-3-1-2-4-20(18)34-14-13-33-12-11-25-9-10-27-35(31,32)17-7-5-16(6-8-17)19(28-21)15-26-22/h1-8,15,25,27H,9-14H2,(H2,24,26)(H,29,30). The first-order chi connectivity index (χ1) is 16.9. The Morgan fingerprint density at radius 3 is 2.57 bits per heavy atom. The van der Waals surface area contributed by atoms with Gasteiger partial charge in [0.15, 0.2) is 11.5 Å². The van der Waals surface area contributed by atoms with E-state index in [-0.39, 0.29) is 29.6 Å². The minimum absolute atomic E-state index is 0.0375. The predicted octanol–water partition coefficient (Wildman–Crippen LogP) is 1.26. The molecule has 0 aliphatic carbocycles. The third-order valence-electron chi connectivity index (χ3n) is 5.11. The lowest BCUT2D eigenvalue weighted by Gasteiger charge is -2.14. The molecule has 0 saturated heterocycles. The van der Waals surface area contributed by atoms with Crippen molar-refractivity contribution in [1.82, 2.24) is 20.0 Å². The lowest BCUT2D eigenvalue weighted by molar-refractivity contribution is 0.101. The summed E-state index contributed by atoms with van der Waals surface area (Å²) in [7, 11) is -3.67. The number of benzene rings is 2. The van der Waals surface area contributed by atoms with Gasteiger partial charge in [-0.05, 0) is 24.3 Å². The molecule has 0 radical (unpaired) electrons. The quantitative estimate of drug-likeness (QED) is 0.335. The molecule has 2 aliphatic rings. The van der Waals surface area contributed by atoms with Crippen LogP contribution in [-0.4, -0.2) is 63.7 Å². The molecule has 4 bridgehead atoms. The highest BCUT2D eigenvalue weighted by Crippen LogP contribution is 2.26. The SMILES string of the molecule is Nc1ncc2nc1C(=O)Nc1ccccc1OCCOCCNCCNS(=O)(=O)c1ccc-2cc1. The Hall–Kier alpha value is -3.58. The highest BCUT2D eigenvalue weighted by atomic mass is 32.2. The molecule has 3 aromatic rings. The molecule has 12 heteroatoms. The van der Waals surface area contributed by atoms with E-state index >= 15 is 0 Å². The van der Waals surface area contributed by atoms with Crippen LogP contribution in [0.1, 0.15) is 10.5 Å². The second kappa shape index (κ2) is 11.2. The van der Waals surface area contributed by atoms with E-state index in [2.05, 4.69) is 25.3 Å². The fraction of sp³-hybridized carbons (Fsp3) is 0.261. The van der Waals surface area contributed by atoms with Gasteiger partial charge in [-0.3, -0.25) is 4.79 Å². The minimum Gasteiger partial charge on any atom is -0.489 e. The molecule has 0 atom stereocenters. The van der Waals surface area contributed by atoms with Crippen molar-refractivity contribution in [2.24, 2.45) is 0 Å². The first kappa shape index (κ1) is 24.5. The zero-order valence-electron chi connectivity index (χ0n) is 18.9. The van der Waals surface area contributed by atoms with Crippen LogP contribution in [0.25, 0.3) is 11.3 Å². The molecule has 1 aromatic heterocycles. The zero-order chi connectivity index (χ0) is 24.7. The molecule has 3 heterocycles. The molecular formula is C23H26N6O5S. The van der Waals surface area contributed by atoms with Gasteiger partial charge in [0, 0.05) is 25.2 Å². The smallest absolute Gasteiger partial charge is 0.278 e. The topological polar surface area (TPSA) is 158 Å². The van der Waals surface area contributed by atoms with E-state index in [0.717, 1.165) is 0 Å². The summed E-state index contributed by atoms with van der Waals surface area (Å²) in [5.41, 5.74) is 7.28. The fourth-order valence-electron chi connectivity index (χ4n) is 3.33. The van der Waals surface area contributed by atoms with Gasteiger partial charge in [0.05, 0.1) is 35.7 Å². The number of aromatic nitrogens is 2. The van der Waals surface area contributed by atoms with Crippen LogP contribution in [0, 0.1) is 0 Å². The Balaban J connectivity index is 1.63. The monoisotopic (exact) mass is 498 g/mol. The number of hydrogen-bond donors (Lipinski definition) is 4. The highest BCUT2D eigenvalue weighted by Gasteiger charge is 2.18. The third kappa shape index (κ3) is 6.31. The van der Waals surface area contributed by atoms with E-state index in [9.17, 15) is 13.2 Å². The van der Waals surface area contributed by atoms with Gasteiger partial charge in [-0.15, -0.1) is 0 Å². The second-order valence-electron chi connectivity index (χ2n) is 7.57. The number of amides is 1. The van der Waals surface area contributed by atoms with Crippen LogP contribution in [0.5, 0.6) is 5.75 Å². The summed E-state index contributed by atoms with van der Waals surface area (Å²) in [6, 6.07) is 13.1. The van der Waals surface area contributed by atoms with Gasteiger partial charge in [-0.2, -0.15) is 0 Å². The Bertz CT molecular complexity index is 1280. The van der Waals surface area contributed by atoms with Crippen molar-refractivity contribution in [2.75, 3.05) is 50.5 Å². The fourth-order valence-corrected chi connectivity index (χ4v) is 4.36. The summed E-state index contributed by atoms with van der Waals surface area (Å²) in [6.07, 6.45) is 1.43. The number of carbonyl (C=O) groups excluding carboxylic acids is 1. The Kier molecular flexibility index (Phi) is 7.87. The summed E-state index contributed by atoms with van der Waals surface area (Å²) < 4.78 is 38.9. The maximum absolute atomic E-state index is 13.0. The number of carbonyl (C=O) groups is 1. The number of nitrogens with zero attached hydrogens (tertiary/aromatic N) is 2. The molecule has 0 fully saturated rings. The zero-order valence-corrected chi connectivity index (χ0v) is 19.7. The number of anilines is 2. The van der Waals surface area contributed by atoms with Crippen molar-refractivity contribution in [2.45, 2.75) is 4.90 Å². The molecule has 5 N–H and O–H groups in total. The average molecular weight is 499 g/mol. The minimum atomic E-state index is -3.67. The van der Waals surface area contributed by atoms with Crippen molar-refractivity contribution in [1.29, 1.82) is 0 Å². The lowest BCUT2D eigenvalue weighted by atomic mass is 10.1. The van der Waals surface area contributed by atoms with Gasteiger partial charge in [-0.25, -0.2) is 23.1 Å². The molecule has 2 aromatic carbocycles. The Labute approximate surface area is 203 Å². The van der Waals surface area contributed by atoms with Crippen molar-refractivity contribution >= 4 is 27.4 Å². The number of rotatable bonds is 0. The van der Waals surface area contributed by atoms with Gasteiger partial charge in [-0.1, -0.05) is 24.3 Å². The largest absolute Gasteiger partial charge is 0.489 e. The molecule has 2 aliphatic heterocycles. The average Bonchev–Trinajstić information content (AvgIpc) is 2.86. The summed E-state index contributed by atoms with van der Waals surface area (Å²) in [4.78, 5) is 21.6. The Morgan fingerprint density at radius 2 is 1.74 bits per heavy atom. The van der Waals surface area contributed by atoms with Crippen LogP contribution in [0.4, 0.5) is 11.5 Å². The number of nitrogens with one attached hydrogen (secondary N) is 3. The number of para-hydroxylation sites is 2. The summed E-state index contributed by atoms with van der Waals surface area (Å²) in [5.74, 6) is -0.111. The number of nitrogens with two attached hydrogens (primary N) is 1. The number of fused-ring (bicyclic) bond motifs is 13. The first-order valence-corrected chi connectivity index (χ1v) is 12.5. The van der Waals surface area contributed by atoms with Crippen molar-refractivity contribution in [3.63, 3.8) is 0 Å². The number of hydrogen-bond acceptors (Lipinski definition) is 9. The maximum Gasteiger partial charge on any atom is 0.278 e. The normalized spacial score (nSPS) is 17.2. The molecule has 5 rings (SSSR count).